The summed E-state index contributed by atoms with van der Waals surface area (Å²) in [5.41, 5.74) is 3.08. The van der Waals surface area contributed by atoms with Crippen LogP contribution >= 0.6 is 23.2 Å². The molecule has 116 valence electrons. The van der Waals surface area contributed by atoms with E-state index in [1.54, 1.807) is 7.11 Å². The van der Waals surface area contributed by atoms with Crippen LogP contribution in [0.1, 0.15) is 30.6 Å². The van der Waals surface area contributed by atoms with Gasteiger partial charge < -0.3 is 9.64 Å². The quantitative estimate of drug-likeness (QED) is 0.836. The lowest BCUT2D eigenvalue weighted by atomic mass is 10.0. The van der Waals surface area contributed by atoms with Crippen LogP contribution < -0.4 is 9.64 Å². The van der Waals surface area contributed by atoms with E-state index in [0.29, 0.717) is 10.2 Å². The molecule has 2 heterocycles. The Kier molecular flexibility index (Phi) is 4.41. The van der Waals surface area contributed by atoms with Gasteiger partial charge in [0.2, 0.25) is 0 Å². The number of nitrogens with zero attached hydrogens (tertiary/aromatic N) is 3. The average Bonchev–Trinajstić information content (AvgIpc) is 2.53. The highest BCUT2D eigenvalue weighted by Gasteiger charge is 2.26. The van der Waals surface area contributed by atoms with Crippen LogP contribution in [0.25, 0.3) is 0 Å². The lowest BCUT2D eigenvalue weighted by molar-refractivity contribution is 0.405. The molecule has 6 heteroatoms. The SMILES string of the molecule is COc1ccc(Cl)cc1C(C)N1CCCc2nnc(Cl)cc21. The molecule has 2 aromatic rings. The molecule has 0 saturated carbocycles. The van der Waals surface area contributed by atoms with E-state index in [-0.39, 0.29) is 6.04 Å². The Hall–Kier alpha value is -1.52. The van der Waals surface area contributed by atoms with Crippen molar-refractivity contribution in [1.82, 2.24) is 10.2 Å². The van der Waals surface area contributed by atoms with E-state index in [1.165, 1.54) is 0 Å². The van der Waals surface area contributed by atoms with E-state index in [1.807, 2.05) is 24.3 Å². The number of hydrogen-bond acceptors (Lipinski definition) is 4. The maximum Gasteiger partial charge on any atom is 0.153 e. The molecule has 1 aromatic carbocycles. The Morgan fingerprint density at radius 1 is 1.23 bits per heavy atom. The molecule has 1 aliphatic rings. The summed E-state index contributed by atoms with van der Waals surface area (Å²) in [5, 5.41) is 9.29. The molecule has 4 nitrogen and oxygen atoms in total. The summed E-state index contributed by atoms with van der Waals surface area (Å²) in [4.78, 5) is 2.29. The van der Waals surface area contributed by atoms with Gasteiger partial charge in [0.15, 0.2) is 5.15 Å². The van der Waals surface area contributed by atoms with Crippen LogP contribution in [0.4, 0.5) is 5.69 Å². The van der Waals surface area contributed by atoms with Gasteiger partial charge in [-0.1, -0.05) is 23.2 Å². The van der Waals surface area contributed by atoms with Gasteiger partial charge in [0.1, 0.15) is 5.75 Å². The molecule has 0 bridgehead atoms. The number of fused-ring (bicyclic) bond motifs is 1. The minimum absolute atomic E-state index is 0.105. The summed E-state index contributed by atoms with van der Waals surface area (Å²) in [6.45, 7) is 3.07. The summed E-state index contributed by atoms with van der Waals surface area (Å²) in [6.07, 6.45) is 1.96. The molecule has 1 aliphatic heterocycles. The number of anilines is 1. The fourth-order valence-electron chi connectivity index (χ4n) is 2.95. The first-order chi connectivity index (χ1) is 10.6. The Morgan fingerprint density at radius 2 is 2.05 bits per heavy atom. The molecule has 0 amide bonds. The highest BCUT2D eigenvalue weighted by molar-refractivity contribution is 6.30. The zero-order chi connectivity index (χ0) is 15.7. The van der Waals surface area contributed by atoms with Crippen LogP contribution in [-0.4, -0.2) is 23.9 Å². The van der Waals surface area contributed by atoms with E-state index in [0.717, 1.165) is 42.1 Å². The third-order valence-corrected chi connectivity index (χ3v) is 4.47. The van der Waals surface area contributed by atoms with E-state index in [4.69, 9.17) is 27.9 Å². The van der Waals surface area contributed by atoms with Crippen LogP contribution in [-0.2, 0) is 6.42 Å². The van der Waals surface area contributed by atoms with Crippen molar-refractivity contribution >= 4 is 28.9 Å². The maximum atomic E-state index is 6.16. The van der Waals surface area contributed by atoms with Gasteiger partial charge in [0.05, 0.1) is 24.5 Å². The second kappa shape index (κ2) is 6.31. The van der Waals surface area contributed by atoms with Crippen molar-refractivity contribution in [1.29, 1.82) is 0 Å². The number of hydrogen-bond donors (Lipinski definition) is 0. The average molecular weight is 338 g/mol. The van der Waals surface area contributed by atoms with Gasteiger partial charge in [0, 0.05) is 23.2 Å². The van der Waals surface area contributed by atoms with E-state index in [2.05, 4.69) is 22.0 Å². The van der Waals surface area contributed by atoms with Crippen molar-refractivity contribution in [3.05, 3.63) is 45.7 Å². The van der Waals surface area contributed by atoms with Gasteiger partial charge in [-0.05, 0) is 38.0 Å². The zero-order valence-corrected chi connectivity index (χ0v) is 14.0. The fraction of sp³-hybridized carbons (Fsp3) is 0.375. The highest BCUT2D eigenvalue weighted by atomic mass is 35.5. The number of benzene rings is 1. The fourth-order valence-corrected chi connectivity index (χ4v) is 3.27. The molecule has 1 unspecified atom stereocenters. The van der Waals surface area contributed by atoms with Gasteiger partial charge in [-0.2, -0.15) is 5.10 Å². The number of rotatable bonds is 3. The third-order valence-electron chi connectivity index (χ3n) is 4.05. The standard InChI is InChI=1S/C16H17Cl2N3O/c1-10(12-8-11(17)5-6-15(12)22-2)21-7-3-4-13-14(21)9-16(18)20-19-13/h5-6,8-10H,3-4,7H2,1-2H3. The first kappa shape index (κ1) is 15.4. The number of aromatic nitrogens is 2. The second-order valence-corrected chi connectivity index (χ2v) is 6.18. The smallest absolute Gasteiger partial charge is 0.153 e. The minimum atomic E-state index is 0.105. The van der Waals surface area contributed by atoms with Crippen LogP contribution in [0.3, 0.4) is 0 Å². The number of aryl methyl sites for hydroxylation is 1. The molecule has 0 radical (unpaired) electrons. The molecule has 1 atom stereocenters. The topological polar surface area (TPSA) is 38.2 Å². The Labute approximate surface area is 140 Å². The molecule has 0 saturated heterocycles. The van der Waals surface area contributed by atoms with Crippen molar-refractivity contribution in [3.63, 3.8) is 0 Å². The Bertz CT molecular complexity index is 693. The van der Waals surface area contributed by atoms with Gasteiger partial charge in [-0.25, -0.2) is 0 Å². The van der Waals surface area contributed by atoms with Crippen LogP contribution in [0, 0.1) is 0 Å². The summed E-state index contributed by atoms with van der Waals surface area (Å²) in [7, 11) is 1.67. The molecule has 22 heavy (non-hydrogen) atoms. The lowest BCUT2D eigenvalue weighted by Gasteiger charge is -2.36. The predicted octanol–water partition coefficient (Wildman–Crippen LogP) is 4.31. The zero-order valence-electron chi connectivity index (χ0n) is 12.5. The summed E-state index contributed by atoms with van der Waals surface area (Å²) < 4.78 is 5.48. The van der Waals surface area contributed by atoms with Crippen LogP contribution in [0.2, 0.25) is 10.2 Å². The number of methoxy groups -OCH3 is 1. The molecule has 0 spiro atoms. The Morgan fingerprint density at radius 3 is 2.82 bits per heavy atom. The van der Waals surface area contributed by atoms with Crippen molar-refractivity contribution in [3.8, 4) is 5.75 Å². The van der Waals surface area contributed by atoms with Crippen molar-refractivity contribution in [2.75, 3.05) is 18.6 Å². The maximum absolute atomic E-state index is 6.16. The summed E-state index contributed by atoms with van der Waals surface area (Å²) in [5.74, 6) is 0.831. The predicted molar refractivity (Wildman–Crippen MR) is 89.1 cm³/mol. The van der Waals surface area contributed by atoms with Gasteiger partial charge in [0.25, 0.3) is 0 Å². The highest BCUT2D eigenvalue weighted by Crippen LogP contribution is 2.37. The van der Waals surface area contributed by atoms with Crippen LogP contribution in [0.15, 0.2) is 24.3 Å². The molecule has 0 aliphatic carbocycles. The van der Waals surface area contributed by atoms with E-state index < -0.39 is 0 Å². The third kappa shape index (κ3) is 2.85. The molecule has 0 N–H and O–H groups in total. The van der Waals surface area contributed by atoms with Crippen LogP contribution in [0.5, 0.6) is 5.75 Å². The largest absolute Gasteiger partial charge is 0.496 e. The first-order valence-corrected chi connectivity index (χ1v) is 7.98. The van der Waals surface area contributed by atoms with Crippen molar-refractivity contribution in [2.24, 2.45) is 0 Å². The van der Waals surface area contributed by atoms with Gasteiger partial charge >= 0.3 is 0 Å². The molecule has 0 fully saturated rings. The number of ether oxygens (including phenoxy) is 1. The summed E-state index contributed by atoms with van der Waals surface area (Å²) in [6, 6.07) is 7.68. The molecule has 3 rings (SSSR count). The minimum Gasteiger partial charge on any atom is -0.496 e. The summed E-state index contributed by atoms with van der Waals surface area (Å²) >= 11 is 12.2. The Balaban J connectivity index is 2.02. The normalized spacial score (nSPS) is 15.4. The molecular weight excluding hydrogens is 321 g/mol. The lowest BCUT2D eigenvalue weighted by Crippen LogP contribution is -2.33. The van der Waals surface area contributed by atoms with E-state index in [9.17, 15) is 0 Å². The molecular formula is C16H17Cl2N3O. The van der Waals surface area contributed by atoms with Gasteiger partial charge in [-0.15, -0.1) is 5.10 Å². The van der Waals surface area contributed by atoms with Crippen molar-refractivity contribution in [2.45, 2.75) is 25.8 Å². The first-order valence-electron chi connectivity index (χ1n) is 7.22. The molecule has 1 aromatic heterocycles. The number of halogens is 2. The van der Waals surface area contributed by atoms with E-state index >= 15 is 0 Å². The monoisotopic (exact) mass is 337 g/mol. The van der Waals surface area contributed by atoms with Gasteiger partial charge in [-0.3, -0.25) is 0 Å². The second-order valence-electron chi connectivity index (χ2n) is 5.36. The van der Waals surface area contributed by atoms with Crippen molar-refractivity contribution < 1.29 is 4.74 Å².